The molecule has 2 heterocycles. The van der Waals surface area contributed by atoms with Crippen molar-refractivity contribution in [3.63, 3.8) is 0 Å². The van der Waals surface area contributed by atoms with Crippen LogP contribution >= 0.6 is 27.7 Å². The molecule has 1 aromatic carbocycles. The Balaban J connectivity index is 2.06. The molecule has 1 aliphatic rings. The van der Waals surface area contributed by atoms with Gasteiger partial charge in [0.05, 0.1) is 4.91 Å². The second-order valence-corrected chi connectivity index (χ2v) is 7.68. The van der Waals surface area contributed by atoms with E-state index in [9.17, 15) is 9.59 Å². The van der Waals surface area contributed by atoms with E-state index in [1.165, 1.54) is 7.05 Å². The van der Waals surface area contributed by atoms with Crippen molar-refractivity contribution < 1.29 is 9.59 Å². The quantitative estimate of drug-likeness (QED) is 0.672. The largest absolute Gasteiger partial charge is 0.318 e. The van der Waals surface area contributed by atoms with E-state index in [0.717, 1.165) is 49.3 Å². The van der Waals surface area contributed by atoms with E-state index in [2.05, 4.69) is 39.6 Å². The number of hydrogen-bond donors (Lipinski definition) is 0. The molecule has 1 aromatic heterocycles. The fraction of sp³-hybridized carbons (Fsp3) is 0.222. The third kappa shape index (κ3) is 2.84. The first-order valence-corrected chi connectivity index (χ1v) is 9.07. The number of halogens is 1. The molecular formula is C18H17BrN2O2S. The van der Waals surface area contributed by atoms with Crippen LogP contribution in [0.25, 0.3) is 11.8 Å². The Morgan fingerprint density at radius 1 is 1.12 bits per heavy atom. The van der Waals surface area contributed by atoms with Crippen molar-refractivity contribution in [2.45, 2.75) is 20.8 Å². The highest BCUT2D eigenvalue weighted by molar-refractivity contribution is 9.10. The minimum Gasteiger partial charge on any atom is -0.318 e. The van der Waals surface area contributed by atoms with Crippen LogP contribution in [0.15, 0.2) is 33.6 Å². The Hall–Kier alpha value is -1.79. The monoisotopic (exact) mass is 404 g/mol. The van der Waals surface area contributed by atoms with Crippen LogP contribution in [0.2, 0.25) is 0 Å². The molecule has 0 spiro atoms. The number of carbonyl (C=O) groups is 2. The number of carbonyl (C=O) groups excluding carboxylic acids is 2. The Labute approximate surface area is 153 Å². The molecule has 0 aliphatic carbocycles. The number of aryl methyl sites for hydroxylation is 2. The number of nitrogens with zero attached hydrogens (tertiary/aromatic N) is 2. The van der Waals surface area contributed by atoms with Gasteiger partial charge >= 0.3 is 0 Å². The van der Waals surface area contributed by atoms with E-state index in [0.29, 0.717) is 4.91 Å². The average molecular weight is 405 g/mol. The molecule has 0 unspecified atom stereocenters. The van der Waals surface area contributed by atoms with Crippen molar-refractivity contribution >= 4 is 44.9 Å². The topological polar surface area (TPSA) is 42.3 Å². The first-order valence-electron chi connectivity index (χ1n) is 7.46. The molecule has 1 aliphatic heterocycles. The number of hydrogen-bond acceptors (Lipinski definition) is 3. The Kier molecular flexibility index (Phi) is 4.44. The maximum atomic E-state index is 12.1. The smallest absolute Gasteiger partial charge is 0.293 e. The van der Waals surface area contributed by atoms with Crippen LogP contribution in [0.4, 0.5) is 4.79 Å². The van der Waals surface area contributed by atoms with Crippen LogP contribution in [-0.2, 0) is 4.79 Å². The maximum absolute atomic E-state index is 12.1. The summed E-state index contributed by atoms with van der Waals surface area (Å²) in [4.78, 5) is 25.3. The maximum Gasteiger partial charge on any atom is 0.293 e. The number of aromatic nitrogens is 1. The molecule has 0 bridgehead atoms. The van der Waals surface area contributed by atoms with E-state index >= 15 is 0 Å². The number of likely N-dealkylation sites (N-methyl/N-ethyl adjacent to an activating group) is 1. The molecular weight excluding hydrogens is 388 g/mol. The predicted molar refractivity (Wildman–Crippen MR) is 101 cm³/mol. The average Bonchev–Trinajstić information content (AvgIpc) is 2.94. The molecule has 4 nitrogen and oxygen atoms in total. The van der Waals surface area contributed by atoms with Crippen LogP contribution < -0.4 is 0 Å². The van der Waals surface area contributed by atoms with Gasteiger partial charge in [0.2, 0.25) is 0 Å². The second kappa shape index (κ2) is 6.26. The van der Waals surface area contributed by atoms with Gasteiger partial charge in [-0.2, -0.15) is 0 Å². The van der Waals surface area contributed by atoms with Crippen LogP contribution in [0.1, 0.15) is 22.5 Å². The molecule has 1 fully saturated rings. The molecule has 1 saturated heterocycles. The molecule has 24 heavy (non-hydrogen) atoms. The first kappa shape index (κ1) is 17.0. The minimum absolute atomic E-state index is 0.233. The summed E-state index contributed by atoms with van der Waals surface area (Å²) in [5.41, 5.74) is 5.31. The Bertz CT molecular complexity index is 899. The summed E-state index contributed by atoms with van der Waals surface area (Å²) >= 11 is 4.51. The van der Waals surface area contributed by atoms with Crippen molar-refractivity contribution in [2.24, 2.45) is 0 Å². The van der Waals surface area contributed by atoms with Gasteiger partial charge in [-0.1, -0.05) is 15.9 Å². The van der Waals surface area contributed by atoms with Crippen molar-refractivity contribution in [1.29, 1.82) is 0 Å². The molecule has 6 heteroatoms. The van der Waals surface area contributed by atoms with E-state index in [1.807, 2.05) is 26.0 Å². The van der Waals surface area contributed by atoms with E-state index in [1.54, 1.807) is 6.08 Å². The van der Waals surface area contributed by atoms with Crippen LogP contribution in [0, 0.1) is 20.8 Å². The van der Waals surface area contributed by atoms with Gasteiger partial charge < -0.3 is 4.57 Å². The van der Waals surface area contributed by atoms with Crippen molar-refractivity contribution in [3.05, 3.63) is 56.2 Å². The number of benzene rings is 1. The van der Waals surface area contributed by atoms with Gasteiger partial charge in [-0.05, 0) is 74.0 Å². The van der Waals surface area contributed by atoms with Gasteiger partial charge in [-0.15, -0.1) is 0 Å². The summed E-state index contributed by atoms with van der Waals surface area (Å²) in [7, 11) is 1.51. The van der Waals surface area contributed by atoms with Crippen molar-refractivity contribution in [1.82, 2.24) is 9.47 Å². The molecule has 0 radical (unpaired) electrons. The van der Waals surface area contributed by atoms with Crippen LogP contribution in [-0.4, -0.2) is 27.7 Å². The Morgan fingerprint density at radius 3 is 2.42 bits per heavy atom. The van der Waals surface area contributed by atoms with Gasteiger partial charge in [0.15, 0.2) is 0 Å². The number of rotatable bonds is 2. The van der Waals surface area contributed by atoms with Gasteiger partial charge in [-0.25, -0.2) is 0 Å². The zero-order chi connectivity index (χ0) is 17.6. The molecule has 3 rings (SSSR count). The van der Waals surface area contributed by atoms with Crippen LogP contribution in [0.5, 0.6) is 0 Å². The fourth-order valence-electron chi connectivity index (χ4n) is 2.79. The minimum atomic E-state index is -0.241. The Morgan fingerprint density at radius 2 is 1.83 bits per heavy atom. The lowest BCUT2D eigenvalue weighted by Crippen LogP contribution is -2.22. The van der Waals surface area contributed by atoms with Crippen molar-refractivity contribution in [3.8, 4) is 5.69 Å². The fourth-order valence-corrected chi connectivity index (χ4v) is 3.85. The van der Waals surface area contributed by atoms with E-state index in [-0.39, 0.29) is 11.1 Å². The van der Waals surface area contributed by atoms with Gasteiger partial charge in [0.1, 0.15) is 0 Å². The molecule has 0 N–H and O–H groups in total. The number of imide groups is 1. The predicted octanol–water partition coefficient (Wildman–Crippen LogP) is 4.83. The van der Waals surface area contributed by atoms with Crippen LogP contribution in [0.3, 0.4) is 0 Å². The highest BCUT2D eigenvalue weighted by Crippen LogP contribution is 2.33. The van der Waals surface area contributed by atoms with Gasteiger partial charge in [-0.3, -0.25) is 14.5 Å². The first-order chi connectivity index (χ1) is 11.3. The lowest BCUT2D eigenvalue weighted by Gasteiger charge is -2.11. The molecule has 124 valence electrons. The van der Waals surface area contributed by atoms with Gasteiger partial charge in [0, 0.05) is 28.6 Å². The van der Waals surface area contributed by atoms with Crippen molar-refractivity contribution in [2.75, 3.05) is 7.05 Å². The number of thioether (sulfide) groups is 1. The van der Waals surface area contributed by atoms with E-state index < -0.39 is 0 Å². The van der Waals surface area contributed by atoms with E-state index in [4.69, 9.17) is 0 Å². The second-order valence-electron chi connectivity index (χ2n) is 5.84. The summed E-state index contributed by atoms with van der Waals surface area (Å²) in [6.45, 7) is 6.11. The highest BCUT2D eigenvalue weighted by Gasteiger charge is 2.32. The number of amides is 2. The third-order valence-corrected chi connectivity index (χ3v) is 5.99. The highest BCUT2D eigenvalue weighted by atomic mass is 79.9. The zero-order valence-electron chi connectivity index (χ0n) is 13.9. The molecule has 2 aromatic rings. The SMILES string of the molecule is Cc1cc(-n2c(C)cc(/C=C3\SC(=O)N(C)C3=O)c2C)ccc1Br. The third-order valence-electron chi connectivity index (χ3n) is 4.14. The molecule has 0 saturated carbocycles. The molecule has 2 amide bonds. The zero-order valence-corrected chi connectivity index (χ0v) is 16.3. The summed E-state index contributed by atoms with van der Waals surface area (Å²) < 4.78 is 3.23. The standard InChI is InChI=1S/C18H17BrN2O2S/c1-10-7-14(5-6-15(10)19)21-11(2)8-13(12(21)3)9-16-17(22)20(4)18(23)24-16/h5-9H,1-4H3/b16-9-. The summed E-state index contributed by atoms with van der Waals surface area (Å²) in [6, 6.07) is 8.25. The summed E-state index contributed by atoms with van der Waals surface area (Å²) in [5, 5.41) is -0.233. The normalized spacial score (nSPS) is 16.5. The summed E-state index contributed by atoms with van der Waals surface area (Å²) in [6.07, 6.45) is 1.80. The molecule has 0 atom stereocenters. The lowest BCUT2D eigenvalue weighted by molar-refractivity contribution is -0.121. The lowest BCUT2D eigenvalue weighted by atomic mass is 10.2. The van der Waals surface area contributed by atoms with Gasteiger partial charge in [0.25, 0.3) is 11.1 Å². The summed E-state index contributed by atoms with van der Waals surface area (Å²) in [5.74, 6) is -0.241.